The van der Waals surface area contributed by atoms with Gasteiger partial charge < -0.3 is 15.1 Å². The molecule has 0 atom stereocenters. The standard InChI is InChI=1S/C15H18N2O2/c1-4-17(14-8-6-5-7-13(14)16)15(18)12-9-10(2)19-11(12)3/h5-9H,4,16H2,1-3H3. The van der Waals surface area contributed by atoms with E-state index in [1.165, 1.54) is 0 Å². The Morgan fingerprint density at radius 3 is 2.53 bits per heavy atom. The zero-order valence-electron chi connectivity index (χ0n) is 11.4. The van der Waals surface area contributed by atoms with Gasteiger partial charge in [-0.15, -0.1) is 0 Å². The predicted molar refractivity (Wildman–Crippen MR) is 76.4 cm³/mol. The van der Waals surface area contributed by atoms with Crippen LogP contribution in [0.4, 0.5) is 11.4 Å². The first-order chi connectivity index (χ1) is 9.04. The molecule has 19 heavy (non-hydrogen) atoms. The average Bonchev–Trinajstić information content (AvgIpc) is 2.71. The monoisotopic (exact) mass is 258 g/mol. The second kappa shape index (κ2) is 5.18. The fraction of sp³-hybridized carbons (Fsp3) is 0.267. The van der Waals surface area contributed by atoms with Gasteiger partial charge in [0, 0.05) is 6.54 Å². The predicted octanol–water partition coefficient (Wildman–Crippen LogP) is 3.15. The number of rotatable bonds is 3. The van der Waals surface area contributed by atoms with Crippen molar-refractivity contribution in [3.05, 3.63) is 47.4 Å². The molecule has 0 aliphatic rings. The summed E-state index contributed by atoms with van der Waals surface area (Å²) in [5.41, 5.74) is 7.85. The van der Waals surface area contributed by atoms with Crippen molar-refractivity contribution in [1.29, 1.82) is 0 Å². The maximum absolute atomic E-state index is 12.6. The van der Waals surface area contributed by atoms with Crippen LogP contribution in [-0.4, -0.2) is 12.5 Å². The normalized spacial score (nSPS) is 10.5. The zero-order chi connectivity index (χ0) is 14.0. The Hall–Kier alpha value is -2.23. The van der Waals surface area contributed by atoms with Crippen LogP contribution < -0.4 is 10.6 Å². The Bertz CT molecular complexity index is 602. The summed E-state index contributed by atoms with van der Waals surface area (Å²) in [5, 5.41) is 0. The van der Waals surface area contributed by atoms with Gasteiger partial charge in [0.2, 0.25) is 0 Å². The number of para-hydroxylation sites is 2. The molecule has 1 amide bonds. The van der Waals surface area contributed by atoms with E-state index in [2.05, 4.69) is 0 Å². The maximum atomic E-state index is 12.6. The lowest BCUT2D eigenvalue weighted by Gasteiger charge is -2.22. The third kappa shape index (κ3) is 2.47. The first-order valence-electron chi connectivity index (χ1n) is 6.28. The van der Waals surface area contributed by atoms with Gasteiger partial charge in [-0.3, -0.25) is 4.79 Å². The lowest BCUT2D eigenvalue weighted by atomic mass is 10.2. The number of amides is 1. The Morgan fingerprint density at radius 1 is 1.32 bits per heavy atom. The molecule has 2 aromatic rings. The van der Waals surface area contributed by atoms with Crippen molar-refractivity contribution < 1.29 is 9.21 Å². The number of carbonyl (C=O) groups is 1. The van der Waals surface area contributed by atoms with E-state index >= 15 is 0 Å². The summed E-state index contributed by atoms with van der Waals surface area (Å²) >= 11 is 0. The van der Waals surface area contributed by atoms with Crippen LogP contribution in [0.15, 0.2) is 34.7 Å². The fourth-order valence-electron chi connectivity index (χ4n) is 2.15. The van der Waals surface area contributed by atoms with Gasteiger partial charge >= 0.3 is 0 Å². The zero-order valence-corrected chi connectivity index (χ0v) is 11.4. The van der Waals surface area contributed by atoms with Crippen LogP contribution in [-0.2, 0) is 0 Å². The molecule has 100 valence electrons. The van der Waals surface area contributed by atoms with Crippen LogP contribution in [0.2, 0.25) is 0 Å². The number of hydrogen-bond donors (Lipinski definition) is 1. The highest BCUT2D eigenvalue weighted by Gasteiger charge is 2.21. The number of nitrogens with two attached hydrogens (primary N) is 1. The minimum absolute atomic E-state index is 0.0882. The molecule has 2 N–H and O–H groups in total. The van der Waals surface area contributed by atoms with Crippen molar-refractivity contribution in [2.75, 3.05) is 17.2 Å². The minimum atomic E-state index is -0.0882. The summed E-state index contributed by atoms with van der Waals surface area (Å²) in [7, 11) is 0. The van der Waals surface area contributed by atoms with Gasteiger partial charge in [0.25, 0.3) is 5.91 Å². The minimum Gasteiger partial charge on any atom is -0.466 e. The van der Waals surface area contributed by atoms with E-state index in [1.807, 2.05) is 32.0 Å². The molecule has 0 radical (unpaired) electrons. The molecule has 4 heteroatoms. The van der Waals surface area contributed by atoms with Gasteiger partial charge in [0.15, 0.2) is 0 Å². The van der Waals surface area contributed by atoms with Crippen molar-refractivity contribution in [3.8, 4) is 0 Å². The highest BCUT2D eigenvalue weighted by Crippen LogP contribution is 2.25. The van der Waals surface area contributed by atoms with Crippen LogP contribution in [0.5, 0.6) is 0 Å². The number of furan rings is 1. The van der Waals surface area contributed by atoms with Gasteiger partial charge in [-0.05, 0) is 39.0 Å². The van der Waals surface area contributed by atoms with Gasteiger partial charge in [-0.1, -0.05) is 12.1 Å². The van der Waals surface area contributed by atoms with Crippen LogP contribution >= 0.6 is 0 Å². The molecule has 1 aromatic heterocycles. The Morgan fingerprint density at radius 2 is 2.00 bits per heavy atom. The summed E-state index contributed by atoms with van der Waals surface area (Å²) in [6, 6.07) is 9.12. The van der Waals surface area contributed by atoms with Crippen LogP contribution in [0, 0.1) is 13.8 Å². The molecule has 0 unspecified atom stereocenters. The number of nitrogen functional groups attached to an aromatic ring is 1. The molecule has 0 fully saturated rings. The van der Waals surface area contributed by atoms with Gasteiger partial charge in [0.05, 0.1) is 16.9 Å². The quantitative estimate of drug-likeness (QED) is 0.860. The first-order valence-corrected chi connectivity index (χ1v) is 6.28. The van der Waals surface area contributed by atoms with E-state index in [-0.39, 0.29) is 5.91 Å². The van der Waals surface area contributed by atoms with Gasteiger partial charge in [-0.2, -0.15) is 0 Å². The second-order valence-corrected chi connectivity index (χ2v) is 4.44. The van der Waals surface area contributed by atoms with E-state index in [4.69, 9.17) is 10.2 Å². The van der Waals surface area contributed by atoms with Crippen molar-refractivity contribution in [3.63, 3.8) is 0 Å². The van der Waals surface area contributed by atoms with Crippen LogP contribution in [0.3, 0.4) is 0 Å². The highest BCUT2D eigenvalue weighted by molar-refractivity contribution is 6.08. The van der Waals surface area contributed by atoms with Crippen LogP contribution in [0.25, 0.3) is 0 Å². The molecule has 4 nitrogen and oxygen atoms in total. The first kappa shape index (κ1) is 13.2. The Labute approximate surface area is 112 Å². The van der Waals surface area contributed by atoms with Crippen LogP contribution in [0.1, 0.15) is 28.8 Å². The smallest absolute Gasteiger partial charge is 0.261 e. The molecule has 0 saturated heterocycles. The number of anilines is 2. The van der Waals surface area contributed by atoms with Crippen molar-refractivity contribution in [2.45, 2.75) is 20.8 Å². The largest absolute Gasteiger partial charge is 0.466 e. The van der Waals surface area contributed by atoms with E-state index in [0.29, 0.717) is 23.6 Å². The van der Waals surface area contributed by atoms with Crippen molar-refractivity contribution >= 4 is 17.3 Å². The summed E-state index contributed by atoms with van der Waals surface area (Å²) < 4.78 is 5.42. The molecular formula is C15H18N2O2. The van der Waals surface area contributed by atoms with E-state index < -0.39 is 0 Å². The SMILES string of the molecule is CCN(C(=O)c1cc(C)oc1C)c1ccccc1N. The van der Waals surface area contributed by atoms with E-state index in [9.17, 15) is 4.79 Å². The molecule has 0 aliphatic heterocycles. The molecule has 0 bridgehead atoms. The highest BCUT2D eigenvalue weighted by atomic mass is 16.3. The third-order valence-corrected chi connectivity index (χ3v) is 3.06. The molecule has 1 heterocycles. The molecule has 2 rings (SSSR count). The summed E-state index contributed by atoms with van der Waals surface area (Å²) in [4.78, 5) is 14.2. The molecule has 1 aromatic carbocycles. The summed E-state index contributed by atoms with van der Waals surface area (Å²) in [6.07, 6.45) is 0. The van der Waals surface area contributed by atoms with E-state index in [1.54, 1.807) is 24.0 Å². The number of carbonyl (C=O) groups excluding carboxylic acids is 1. The molecule has 0 saturated carbocycles. The maximum Gasteiger partial charge on any atom is 0.261 e. The van der Waals surface area contributed by atoms with Crippen molar-refractivity contribution in [1.82, 2.24) is 0 Å². The average molecular weight is 258 g/mol. The fourth-order valence-corrected chi connectivity index (χ4v) is 2.15. The van der Waals surface area contributed by atoms with Crippen molar-refractivity contribution in [2.24, 2.45) is 0 Å². The topological polar surface area (TPSA) is 59.5 Å². The Balaban J connectivity index is 2.41. The van der Waals surface area contributed by atoms with Gasteiger partial charge in [0.1, 0.15) is 11.5 Å². The second-order valence-electron chi connectivity index (χ2n) is 4.44. The lowest BCUT2D eigenvalue weighted by Crippen LogP contribution is -2.31. The number of benzene rings is 1. The number of hydrogen-bond acceptors (Lipinski definition) is 3. The molecule has 0 spiro atoms. The summed E-state index contributed by atoms with van der Waals surface area (Å²) in [5.74, 6) is 1.28. The third-order valence-electron chi connectivity index (χ3n) is 3.06. The molecular weight excluding hydrogens is 240 g/mol. The Kier molecular flexibility index (Phi) is 3.60. The number of nitrogens with zero attached hydrogens (tertiary/aromatic N) is 1. The molecule has 0 aliphatic carbocycles. The number of aryl methyl sites for hydroxylation is 2. The van der Waals surface area contributed by atoms with Gasteiger partial charge in [-0.25, -0.2) is 0 Å². The lowest BCUT2D eigenvalue weighted by molar-refractivity contribution is 0.0987. The van der Waals surface area contributed by atoms with E-state index in [0.717, 1.165) is 11.4 Å². The summed E-state index contributed by atoms with van der Waals surface area (Å²) in [6.45, 7) is 6.10.